The molecule has 0 aromatic heterocycles. The molecule has 1 amide bonds. The highest BCUT2D eigenvalue weighted by Crippen LogP contribution is 2.31. The Morgan fingerprint density at radius 1 is 1.42 bits per heavy atom. The number of para-hydroxylation sites is 1. The number of amides is 1. The number of methoxy groups -OCH3 is 1. The predicted octanol–water partition coefficient (Wildman–Crippen LogP) is 2.18. The number of hydrogen-bond donors (Lipinski definition) is 2. The second-order valence-corrected chi connectivity index (χ2v) is 4.62. The number of halogens is 2. The minimum atomic E-state index is -2.52. The van der Waals surface area contributed by atoms with Gasteiger partial charge in [-0.1, -0.05) is 23.9 Å². The molecule has 7 heteroatoms. The number of rotatable bonds is 8. The maximum atomic E-state index is 12.3. The van der Waals surface area contributed by atoms with Crippen LogP contribution in [0, 0.1) is 0 Å². The molecular formula is C12H16F2N2O2S. The fourth-order valence-electron chi connectivity index (χ4n) is 1.34. The fourth-order valence-corrected chi connectivity index (χ4v) is 1.93. The molecule has 0 aliphatic carbocycles. The van der Waals surface area contributed by atoms with Gasteiger partial charge < -0.3 is 15.4 Å². The van der Waals surface area contributed by atoms with Gasteiger partial charge in [0.1, 0.15) is 0 Å². The molecule has 0 aliphatic heterocycles. The van der Waals surface area contributed by atoms with Crippen molar-refractivity contribution < 1.29 is 18.3 Å². The van der Waals surface area contributed by atoms with E-state index < -0.39 is 5.76 Å². The van der Waals surface area contributed by atoms with Crippen molar-refractivity contribution in [2.24, 2.45) is 0 Å². The number of carbonyl (C=O) groups excluding carboxylic acids is 1. The Balaban J connectivity index is 2.49. The van der Waals surface area contributed by atoms with Gasteiger partial charge in [-0.2, -0.15) is 8.78 Å². The number of carbonyl (C=O) groups is 1. The van der Waals surface area contributed by atoms with E-state index in [0.717, 1.165) is 0 Å². The van der Waals surface area contributed by atoms with Crippen LogP contribution in [0.1, 0.15) is 0 Å². The van der Waals surface area contributed by atoms with E-state index in [1.807, 2.05) is 0 Å². The van der Waals surface area contributed by atoms with Crippen molar-refractivity contribution in [1.29, 1.82) is 0 Å². The lowest BCUT2D eigenvalue weighted by atomic mass is 10.3. The van der Waals surface area contributed by atoms with Gasteiger partial charge in [0.05, 0.1) is 18.8 Å². The third-order valence-corrected chi connectivity index (χ3v) is 2.93. The molecule has 0 unspecified atom stereocenters. The lowest BCUT2D eigenvalue weighted by molar-refractivity contribution is -0.115. The number of hydrogen-bond acceptors (Lipinski definition) is 4. The van der Waals surface area contributed by atoms with E-state index in [1.165, 1.54) is 0 Å². The Labute approximate surface area is 114 Å². The summed E-state index contributed by atoms with van der Waals surface area (Å²) >= 11 is 0.411. The molecule has 0 saturated heterocycles. The van der Waals surface area contributed by atoms with Crippen molar-refractivity contribution in [3.63, 3.8) is 0 Å². The third-order valence-electron chi connectivity index (χ3n) is 2.15. The van der Waals surface area contributed by atoms with Crippen LogP contribution >= 0.6 is 11.8 Å². The van der Waals surface area contributed by atoms with Crippen molar-refractivity contribution in [2.75, 3.05) is 32.1 Å². The van der Waals surface area contributed by atoms with Crippen LogP contribution in [0.3, 0.4) is 0 Å². The monoisotopic (exact) mass is 290 g/mol. The number of nitrogens with one attached hydrogen (secondary N) is 2. The summed E-state index contributed by atoms with van der Waals surface area (Å²) in [5, 5.41) is 5.47. The molecule has 1 aromatic rings. The number of alkyl halides is 2. The second-order valence-electron chi connectivity index (χ2n) is 3.59. The van der Waals surface area contributed by atoms with Crippen molar-refractivity contribution in [3.8, 4) is 0 Å². The summed E-state index contributed by atoms with van der Waals surface area (Å²) in [6, 6.07) is 6.48. The maximum absolute atomic E-state index is 12.3. The minimum Gasteiger partial charge on any atom is -0.383 e. The van der Waals surface area contributed by atoms with Crippen molar-refractivity contribution in [1.82, 2.24) is 5.32 Å². The first-order valence-corrected chi connectivity index (χ1v) is 6.54. The Hall–Kier alpha value is -1.18. The van der Waals surface area contributed by atoms with Crippen molar-refractivity contribution in [3.05, 3.63) is 24.3 Å². The van der Waals surface area contributed by atoms with E-state index in [0.29, 0.717) is 35.5 Å². The Kier molecular flexibility index (Phi) is 7.39. The molecule has 1 aromatic carbocycles. The molecule has 0 spiro atoms. The first-order chi connectivity index (χ1) is 9.13. The van der Waals surface area contributed by atoms with Crippen LogP contribution in [-0.4, -0.2) is 38.5 Å². The van der Waals surface area contributed by atoms with Gasteiger partial charge >= 0.3 is 0 Å². The smallest absolute Gasteiger partial charge is 0.288 e. The SMILES string of the molecule is COCCNCC(=O)Nc1ccccc1SC(F)F. The zero-order valence-corrected chi connectivity index (χ0v) is 11.3. The van der Waals surface area contributed by atoms with Crippen molar-refractivity contribution in [2.45, 2.75) is 10.7 Å². The van der Waals surface area contributed by atoms with Crippen LogP contribution in [0.5, 0.6) is 0 Å². The van der Waals surface area contributed by atoms with E-state index in [4.69, 9.17) is 4.74 Å². The fraction of sp³-hybridized carbons (Fsp3) is 0.417. The molecule has 0 fully saturated rings. The van der Waals surface area contributed by atoms with Crippen LogP contribution < -0.4 is 10.6 Å². The molecule has 106 valence electrons. The highest BCUT2D eigenvalue weighted by Gasteiger charge is 2.11. The molecule has 0 aliphatic rings. The van der Waals surface area contributed by atoms with Crippen LogP contribution in [0.2, 0.25) is 0 Å². The Bertz CT molecular complexity index is 405. The first-order valence-electron chi connectivity index (χ1n) is 5.67. The quantitative estimate of drug-likeness (QED) is 0.569. The van der Waals surface area contributed by atoms with Crippen LogP contribution in [0.15, 0.2) is 29.2 Å². The Morgan fingerprint density at radius 3 is 2.84 bits per heavy atom. The maximum Gasteiger partial charge on any atom is 0.288 e. The lowest BCUT2D eigenvalue weighted by Gasteiger charge is -2.10. The molecular weight excluding hydrogens is 274 g/mol. The summed E-state index contributed by atoms with van der Waals surface area (Å²) in [5.74, 6) is -2.80. The molecule has 0 radical (unpaired) electrons. The minimum absolute atomic E-state index is 0.108. The highest BCUT2D eigenvalue weighted by atomic mass is 32.2. The standard InChI is InChI=1S/C12H16F2N2O2S/c1-18-7-6-15-8-11(17)16-9-4-2-3-5-10(9)19-12(13)14/h2-5,12,15H,6-8H2,1H3,(H,16,17). The van der Waals surface area contributed by atoms with Crippen LogP contribution in [0.4, 0.5) is 14.5 Å². The number of anilines is 1. The Morgan fingerprint density at radius 2 is 2.16 bits per heavy atom. The largest absolute Gasteiger partial charge is 0.383 e. The number of benzene rings is 1. The summed E-state index contributed by atoms with van der Waals surface area (Å²) in [6.45, 7) is 1.17. The van der Waals surface area contributed by atoms with Crippen molar-refractivity contribution >= 4 is 23.4 Å². The van der Waals surface area contributed by atoms with Gasteiger partial charge in [0.15, 0.2) is 0 Å². The van der Waals surface area contributed by atoms with Gasteiger partial charge in [0.25, 0.3) is 5.76 Å². The van der Waals surface area contributed by atoms with Gasteiger partial charge in [-0.25, -0.2) is 0 Å². The molecule has 2 N–H and O–H groups in total. The summed E-state index contributed by atoms with van der Waals surface area (Å²) in [7, 11) is 1.57. The van der Waals surface area contributed by atoms with E-state index in [9.17, 15) is 13.6 Å². The number of thioether (sulfide) groups is 1. The first kappa shape index (κ1) is 15.9. The normalized spacial score (nSPS) is 10.7. The van der Waals surface area contributed by atoms with Crippen LogP contribution in [-0.2, 0) is 9.53 Å². The van der Waals surface area contributed by atoms with Gasteiger partial charge in [0.2, 0.25) is 5.91 Å². The van der Waals surface area contributed by atoms with Gasteiger partial charge in [-0.05, 0) is 12.1 Å². The average Bonchev–Trinajstić information content (AvgIpc) is 2.36. The molecule has 1 rings (SSSR count). The zero-order valence-electron chi connectivity index (χ0n) is 10.5. The summed E-state index contributed by atoms with van der Waals surface area (Å²) in [5.41, 5.74) is 0.395. The average molecular weight is 290 g/mol. The molecule has 0 bridgehead atoms. The second kappa shape index (κ2) is 8.84. The van der Waals surface area contributed by atoms with Crippen LogP contribution in [0.25, 0.3) is 0 Å². The van der Waals surface area contributed by atoms with E-state index >= 15 is 0 Å². The van der Waals surface area contributed by atoms with Gasteiger partial charge in [-0.3, -0.25) is 4.79 Å². The highest BCUT2D eigenvalue weighted by molar-refractivity contribution is 7.99. The molecule has 0 heterocycles. The molecule has 0 atom stereocenters. The lowest BCUT2D eigenvalue weighted by Crippen LogP contribution is -2.30. The predicted molar refractivity (Wildman–Crippen MR) is 71.7 cm³/mol. The third kappa shape index (κ3) is 6.51. The van der Waals surface area contributed by atoms with E-state index in [1.54, 1.807) is 31.4 Å². The summed E-state index contributed by atoms with van der Waals surface area (Å²) in [4.78, 5) is 12.0. The zero-order chi connectivity index (χ0) is 14.1. The molecule has 19 heavy (non-hydrogen) atoms. The summed E-state index contributed by atoms with van der Waals surface area (Å²) in [6.07, 6.45) is 0. The van der Waals surface area contributed by atoms with Gasteiger partial charge in [-0.15, -0.1) is 0 Å². The van der Waals surface area contributed by atoms with Gasteiger partial charge in [0, 0.05) is 18.6 Å². The molecule has 0 saturated carbocycles. The summed E-state index contributed by atoms with van der Waals surface area (Å²) < 4.78 is 29.5. The van der Waals surface area contributed by atoms with E-state index in [2.05, 4.69) is 10.6 Å². The van der Waals surface area contributed by atoms with E-state index in [-0.39, 0.29) is 12.5 Å². The topological polar surface area (TPSA) is 50.4 Å². The molecule has 4 nitrogen and oxygen atoms in total. The number of ether oxygens (including phenoxy) is 1.